The normalized spacial score (nSPS) is 18.7. The van der Waals surface area contributed by atoms with E-state index in [0.717, 1.165) is 37.2 Å². The summed E-state index contributed by atoms with van der Waals surface area (Å²) >= 11 is 0. The third kappa shape index (κ3) is 2.39. The van der Waals surface area contributed by atoms with E-state index in [1.165, 1.54) is 11.1 Å². The van der Waals surface area contributed by atoms with E-state index in [2.05, 4.69) is 17.4 Å². The molecule has 2 heterocycles. The Morgan fingerprint density at radius 3 is 2.75 bits per heavy atom. The fourth-order valence-corrected chi connectivity index (χ4v) is 3.06. The van der Waals surface area contributed by atoms with Gasteiger partial charge in [-0.1, -0.05) is 0 Å². The van der Waals surface area contributed by atoms with Crippen LogP contribution in [0.3, 0.4) is 0 Å². The molecule has 1 atom stereocenters. The topological polar surface area (TPSA) is 72.8 Å². The molecule has 0 aromatic heterocycles. The van der Waals surface area contributed by atoms with Gasteiger partial charge in [0.05, 0.1) is 18.4 Å². The van der Waals surface area contributed by atoms with E-state index >= 15 is 0 Å². The molecule has 3 rings (SSSR count). The standard InChI is InChI=1S/C15H20N2O3/c18-9-13(19)8-16-12-6-10-2-1-5-17-14(20)4-3-11(7-12)15(10)17/h6-7,13,16,18-19H,1-5,8-9H2. The maximum atomic E-state index is 12.0. The van der Waals surface area contributed by atoms with Crippen LogP contribution in [0.1, 0.15) is 24.0 Å². The molecule has 2 aliphatic rings. The molecule has 0 saturated carbocycles. The molecule has 3 N–H and O–H groups in total. The summed E-state index contributed by atoms with van der Waals surface area (Å²) in [5.41, 5.74) is 4.49. The second kappa shape index (κ2) is 5.42. The summed E-state index contributed by atoms with van der Waals surface area (Å²) < 4.78 is 0. The number of rotatable bonds is 4. The quantitative estimate of drug-likeness (QED) is 0.756. The Morgan fingerprint density at radius 1 is 1.25 bits per heavy atom. The first-order valence-electron chi connectivity index (χ1n) is 7.18. The Balaban J connectivity index is 1.88. The third-order valence-electron chi connectivity index (χ3n) is 4.03. The van der Waals surface area contributed by atoms with E-state index in [1.807, 2.05) is 4.90 Å². The summed E-state index contributed by atoms with van der Waals surface area (Å²) in [5, 5.41) is 21.4. The average molecular weight is 276 g/mol. The van der Waals surface area contributed by atoms with Crippen molar-refractivity contribution in [3.63, 3.8) is 0 Å². The number of aliphatic hydroxyl groups is 2. The van der Waals surface area contributed by atoms with Gasteiger partial charge >= 0.3 is 0 Å². The van der Waals surface area contributed by atoms with Crippen LogP contribution in [-0.4, -0.2) is 41.9 Å². The van der Waals surface area contributed by atoms with Crippen LogP contribution in [-0.2, 0) is 17.6 Å². The first kappa shape index (κ1) is 13.4. The number of nitrogens with one attached hydrogen (secondary N) is 1. The predicted octanol–water partition coefficient (Wildman–Crippen LogP) is 0.677. The monoisotopic (exact) mass is 276 g/mol. The summed E-state index contributed by atoms with van der Waals surface area (Å²) in [6.07, 6.45) is 2.61. The van der Waals surface area contributed by atoms with Crippen molar-refractivity contribution in [3.05, 3.63) is 23.3 Å². The van der Waals surface area contributed by atoms with Gasteiger partial charge < -0.3 is 20.4 Å². The Kier molecular flexibility index (Phi) is 3.63. The van der Waals surface area contributed by atoms with Gasteiger partial charge in [0, 0.05) is 25.2 Å². The van der Waals surface area contributed by atoms with Crippen molar-refractivity contribution >= 4 is 17.3 Å². The van der Waals surface area contributed by atoms with Crippen LogP contribution in [0.15, 0.2) is 12.1 Å². The van der Waals surface area contributed by atoms with Crippen molar-refractivity contribution in [1.29, 1.82) is 0 Å². The maximum Gasteiger partial charge on any atom is 0.227 e. The molecule has 20 heavy (non-hydrogen) atoms. The number of amides is 1. The molecule has 5 nitrogen and oxygen atoms in total. The molecule has 0 saturated heterocycles. The van der Waals surface area contributed by atoms with Crippen molar-refractivity contribution in [2.75, 3.05) is 29.9 Å². The predicted molar refractivity (Wildman–Crippen MR) is 77.0 cm³/mol. The number of carbonyl (C=O) groups excluding carboxylic acids is 1. The average Bonchev–Trinajstić information content (AvgIpc) is 2.48. The molecule has 1 aromatic rings. The summed E-state index contributed by atoms with van der Waals surface area (Å²) in [5.74, 6) is 0.231. The van der Waals surface area contributed by atoms with Crippen LogP contribution in [0.25, 0.3) is 0 Å². The first-order chi connectivity index (χ1) is 9.69. The molecule has 0 radical (unpaired) electrons. The van der Waals surface area contributed by atoms with Crippen molar-refractivity contribution in [2.45, 2.75) is 31.8 Å². The summed E-state index contributed by atoms with van der Waals surface area (Å²) in [7, 11) is 0. The second-order valence-corrected chi connectivity index (χ2v) is 5.51. The van der Waals surface area contributed by atoms with Crippen LogP contribution in [0, 0.1) is 0 Å². The Bertz CT molecular complexity index is 513. The second-order valence-electron chi connectivity index (χ2n) is 5.51. The molecule has 2 aliphatic heterocycles. The smallest absolute Gasteiger partial charge is 0.227 e. The lowest BCUT2D eigenvalue weighted by Gasteiger charge is -2.35. The minimum absolute atomic E-state index is 0.231. The minimum atomic E-state index is -0.750. The Hall–Kier alpha value is -1.59. The van der Waals surface area contributed by atoms with E-state index in [9.17, 15) is 9.90 Å². The summed E-state index contributed by atoms with van der Waals surface area (Å²) in [6.45, 7) is 0.916. The molecular formula is C15H20N2O3. The van der Waals surface area contributed by atoms with Gasteiger partial charge in [-0.3, -0.25) is 4.79 Å². The van der Waals surface area contributed by atoms with Crippen LogP contribution in [0.4, 0.5) is 11.4 Å². The first-order valence-corrected chi connectivity index (χ1v) is 7.18. The molecule has 0 fully saturated rings. The fourth-order valence-electron chi connectivity index (χ4n) is 3.06. The largest absolute Gasteiger partial charge is 0.394 e. The SMILES string of the molecule is O=C1CCc2cc(NCC(O)CO)cc3c2N1CCC3. The maximum absolute atomic E-state index is 12.0. The zero-order chi connectivity index (χ0) is 14.1. The van der Waals surface area contributed by atoms with E-state index in [0.29, 0.717) is 13.0 Å². The lowest BCUT2D eigenvalue weighted by Crippen LogP contribution is -2.39. The zero-order valence-corrected chi connectivity index (χ0v) is 11.4. The number of carbonyl (C=O) groups is 1. The zero-order valence-electron chi connectivity index (χ0n) is 11.4. The number of nitrogens with zero attached hydrogens (tertiary/aromatic N) is 1. The lowest BCUT2D eigenvalue weighted by molar-refractivity contribution is -0.119. The molecule has 0 aliphatic carbocycles. The lowest BCUT2D eigenvalue weighted by atomic mass is 9.91. The van der Waals surface area contributed by atoms with Crippen molar-refractivity contribution in [2.24, 2.45) is 0 Å². The van der Waals surface area contributed by atoms with Crippen molar-refractivity contribution in [3.8, 4) is 0 Å². The van der Waals surface area contributed by atoms with Crippen LogP contribution >= 0.6 is 0 Å². The highest BCUT2D eigenvalue weighted by Gasteiger charge is 2.29. The molecule has 0 spiro atoms. The van der Waals surface area contributed by atoms with Gasteiger partial charge in [0.1, 0.15) is 0 Å². The molecule has 0 bridgehead atoms. The number of benzene rings is 1. The van der Waals surface area contributed by atoms with Gasteiger partial charge in [-0.2, -0.15) is 0 Å². The van der Waals surface area contributed by atoms with Gasteiger partial charge in [-0.15, -0.1) is 0 Å². The van der Waals surface area contributed by atoms with Crippen LogP contribution < -0.4 is 10.2 Å². The molecular weight excluding hydrogens is 256 g/mol. The van der Waals surface area contributed by atoms with E-state index in [4.69, 9.17) is 5.11 Å². The van der Waals surface area contributed by atoms with E-state index in [1.54, 1.807) is 0 Å². The third-order valence-corrected chi connectivity index (χ3v) is 4.03. The fraction of sp³-hybridized carbons (Fsp3) is 0.533. The van der Waals surface area contributed by atoms with E-state index < -0.39 is 6.10 Å². The highest BCUT2D eigenvalue weighted by Crippen LogP contribution is 2.37. The van der Waals surface area contributed by atoms with Gasteiger partial charge in [0.15, 0.2) is 0 Å². The Morgan fingerprint density at radius 2 is 2.00 bits per heavy atom. The van der Waals surface area contributed by atoms with Crippen molar-refractivity contribution in [1.82, 2.24) is 0 Å². The van der Waals surface area contributed by atoms with Gasteiger partial charge in [-0.05, 0) is 42.5 Å². The number of anilines is 2. The molecule has 5 heteroatoms. The van der Waals surface area contributed by atoms with Gasteiger partial charge in [-0.25, -0.2) is 0 Å². The number of aliphatic hydroxyl groups excluding tert-OH is 2. The highest BCUT2D eigenvalue weighted by molar-refractivity contribution is 5.98. The van der Waals surface area contributed by atoms with Crippen molar-refractivity contribution < 1.29 is 15.0 Å². The van der Waals surface area contributed by atoms with Crippen LogP contribution in [0.2, 0.25) is 0 Å². The van der Waals surface area contributed by atoms with Crippen LogP contribution in [0.5, 0.6) is 0 Å². The number of hydrogen-bond acceptors (Lipinski definition) is 4. The van der Waals surface area contributed by atoms with E-state index in [-0.39, 0.29) is 12.5 Å². The molecule has 1 unspecified atom stereocenters. The number of hydrogen-bond donors (Lipinski definition) is 3. The molecule has 108 valence electrons. The minimum Gasteiger partial charge on any atom is -0.394 e. The van der Waals surface area contributed by atoms with Gasteiger partial charge in [0.25, 0.3) is 0 Å². The molecule has 1 aromatic carbocycles. The number of aryl methyl sites for hydroxylation is 2. The highest BCUT2D eigenvalue weighted by atomic mass is 16.3. The molecule has 1 amide bonds. The van der Waals surface area contributed by atoms with Gasteiger partial charge in [0.2, 0.25) is 5.91 Å². The Labute approximate surface area is 118 Å². The summed E-state index contributed by atoms with van der Waals surface area (Å²) in [6, 6.07) is 4.13. The summed E-state index contributed by atoms with van der Waals surface area (Å²) in [4.78, 5) is 13.9.